The van der Waals surface area contributed by atoms with Crippen LogP contribution >= 0.6 is 0 Å². The molecule has 2 N–H and O–H groups in total. The molecule has 1 saturated carbocycles. The van der Waals surface area contributed by atoms with Gasteiger partial charge in [0, 0.05) is 17.5 Å². The third-order valence-corrected chi connectivity index (χ3v) is 4.81. The van der Waals surface area contributed by atoms with Gasteiger partial charge in [-0.05, 0) is 31.4 Å². The van der Waals surface area contributed by atoms with Crippen LogP contribution in [0.25, 0.3) is 0 Å². The number of carboxylic acid groups (broad SMARTS) is 1. The molecule has 2 rings (SSSR count). The summed E-state index contributed by atoms with van der Waals surface area (Å²) in [4.78, 5) is 25.4. The molecule has 0 bridgehead atoms. The van der Waals surface area contributed by atoms with Gasteiger partial charge in [0.05, 0.1) is 6.54 Å². The maximum atomic E-state index is 12.6. The van der Waals surface area contributed by atoms with Gasteiger partial charge in [-0.2, -0.15) is 0 Å². The van der Waals surface area contributed by atoms with E-state index in [1.807, 2.05) is 56.0 Å². The molecule has 1 aromatic carbocycles. The Kier molecular flexibility index (Phi) is 5.99. The lowest BCUT2D eigenvalue weighted by atomic mass is 9.81. The fourth-order valence-electron chi connectivity index (χ4n) is 3.24. The first-order valence-electron chi connectivity index (χ1n) is 8.62. The predicted molar refractivity (Wildman–Crippen MR) is 93.8 cm³/mol. The van der Waals surface area contributed by atoms with Crippen molar-refractivity contribution in [3.63, 3.8) is 0 Å². The van der Waals surface area contributed by atoms with E-state index in [9.17, 15) is 9.59 Å². The van der Waals surface area contributed by atoms with Gasteiger partial charge >= 0.3 is 5.97 Å². The van der Waals surface area contributed by atoms with Gasteiger partial charge in [-0.3, -0.25) is 14.5 Å². The minimum Gasteiger partial charge on any atom is -0.480 e. The minimum absolute atomic E-state index is 0.0658. The molecule has 1 aromatic rings. The van der Waals surface area contributed by atoms with E-state index < -0.39 is 11.4 Å². The van der Waals surface area contributed by atoms with Crippen LogP contribution in [-0.4, -0.2) is 47.1 Å². The zero-order chi connectivity index (χ0) is 17.7. The van der Waals surface area contributed by atoms with Crippen LogP contribution in [0.4, 0.5) is 0 Å². The molecule has 0 aromatic heterocycles. The number of benzene rings is 1. The smallest absolute Gasteiger partial charge is 0.317 e. The summed E-state index contributed by atoms with van der Waals surface area (Å²) in [6.45, 7) is 6.69. The molecule has 0 saturated heterocycles. The average molecular weight is 332 g/mol. The van der Waals surface area contributed by atoms with Crippen molar-refractivity contribution in [2.75, 3.05) is 13.1 Å². The lowest BCUT2D eigenvalue weighted by molar-refractivity contribution is -0.140. The van der Waals surface area contributed by atoms with E-state index in [0.29, 0.717) is 6.42 Å². The number of hydrogen-bond donors (Lipinski definition) is 2. The van der Waals surface area contributed by atoms with Crippen LogP contribution in [-0.2, 0) is 16.0 Å². The summed E-state index contributed by atoms with van der Waals surface area (Å²) in [5, 5.41) is 12.1. The number of aliphatic carboxylic acids is 1. The second-order valence-corrected chi connectivity index (χ2v) is 7.30. The van der Waals surface area contributed by atoms with Gasteiger partial charge in [-0.1, -0.05) is 51.1 Å². The van der Waals surface area contributed by atoms with Gasteiger partial charge in [0.25, 0.3) is 0 Å². The van der Waals surface area contributed by atoms with Crippen molar-refractivity contribution in [1.29, 1.82) is 0 Å². The summed E-state index contributed by atoms with van der Waals surface area (Å²) in [6.07, 6.45) is 2.36. The van der Waals surface area contributed by atoms with Crippen molar-refractivity contribution in [2.24, 2.45) is 5.41 Å². The highest BCUT2D eigenvalue weighted by Gasteiger charge is 2.37. The van der Waals surface area contributed by atoms with E-state index in [4.69, 9.17) is 5.11 Å². The van der Waals surface area contributed by atoms with Crippen LogP contribution in [0.2, 0.25) is 0 Å². The number of carboxylic acids is 1. The number of nitrogens with zero attached hydrogens (tertiary/aromatic N) is 1. The summed E-state index contributed by atoms with van der Waals surface area (Å²) in [7, 11) is 0. The Bertz CT molecular complexity index is 565. The Labute approximate surface area is 144 Å². The van der Waals surface area contributed by atoms with Crippen LogP contribution < -0.4 is 5.32 Å². The van der Waals surface area contributed by atoms with E-state index in [2.05, 4.69) is 5.32 Å². The predicted octanol–water partition coefficient (Wildman–Crippen LogP) is 2.31. The standard InChI is InChI=1S/C19H28N2O3/c1-4-21(13-17(22)23)16-10-15(11-16)20-18(24)19(2,3)12-14-8-6-5-7-9-14/h5-9,15-16H,4,10-13H2,1-3H3,(H,20,24)(H,22,23). The number of nitrogens with one attached hydrogen (secondary N) is 1. The lowest BCUT2D eigenvalue weighted by Crippen LogP contribution is -2.56. The Morgan fingerprint density at radius 1 is 1.25 bits per heavy atom. The lowest BCUT2D eigenvalue weighted by Gasteiger charge is -2.43. The second kappa shape index (κ2) is 7.79. The first-order valence-corrected chi connectivity index (χ1v) is 8.62. The molecule has 0 heterocycles. The van der Waals surface area contributed by atoms with Crippen LogP contribution in [0.1, 0.15) is 39.2 Å². The number of amides is 1. The molecule has 5 heteroatoms. The van der Waals surface area contributed by atoms with Crippen LogP contribution in [0.5, 0.6) is 0 Å². The molecule has 1 fully saturated rings. The number of carbonyl (C=O) groups excluding carboxylic acids is 1. The second-order valence-electron chi connectivity index (χ2n) is 7.30. The van der Waals surface area contributed by atoms with E-state index >= 15 is 0 Å². The van der Waals surface area contributed by atoms with Gasteiger partial charge in [0.15, 0.2) is 0 Å². The summed E-state index contributed by atoms with van der Waals surface area (Å²) in [6, 6.07) is 10.4. The number of likely N-dealkylation sites (N-methyl/N-ethyl adjacent to an activating group) is 1. The molecular weight excluding hydrogens is 304 g/mol. The van der Waals surface area contributed by atoms with E-state index in [-0.39, 0.29) is 24.5 Å². The molecular formula is C19H28N2O3. The molecule has 5 nitrogen and oxygen atoms in total. The zero-order valence-corrected chi connectivity index (χ0v) is 14.8. The fourth-order valence-corrected chi connectivity index (χ4v) is 3.24. The third-order valence-electron chi connectivity index (χ3n) is 4.81. The molecule has 132 valence electrons. The quantitative estimate of drug-likeness (QED) is 0.766. The topological polar surface area (TPSA) is 69.6 Å². The monoisotopic (exact) mass is 332 g/mol. The van der Waals surface area contributed by atoms with Crippen molar-refractivity contribution in [3.05, 3.63) is 35.9 Å². The van der Waals surface area contributed by atoms with Crippen LogP contribution in [0.3, 0.4) is 0 Å². The molecule has 1 aliphatic rings. The van der Waals surface area contributed by atoms with Gasteiger partial charge < -0.3 is 10.4 Å². The summed E-state index contributed by atoms with van der Waals surface area (Å²) in [5.41, 5.74) is 0.695. The highest BCUT2D eigenvalue weighted by molar-refractivity contribution is 5.82. The van der Waals surface area contributed by atoms with Crippen LogP contribution in [0, 0.1) is 5.41 Å². The molecule has 1 amide bonds. The normalized spacial score (nSPS) is 20.5. The zero-order valence-electron chi connectivity index (χ0n) is 14.8. The Balaban J connectivity index is 1.82. The summed E-state index contributed by atoms with van der Waals surface area (Å²) >= 11 is 0. The third kappa shape index (κ3) is 4.81. The fraction of sp³-hybridized carbons (Fsp3) is 0.579. The number of rotatable bonds is 8. The van der Waals surface area contributed by atoms with Crippen molar-refractivity contribution in [2.45, 2.75) is 52.1 Å². The van der Waals surface area contributed by atoms with Gasteiger partial charge in [0.2, 0.25) is 5.91 Å². The van der Waals surface area contributed by atoms with Gasteiger partial charge in [-0.25, -0.2) is 0 Å². The highest BCUT2D eigenvalue weighted by Crippen LogP contribution is 2.28. The van der Waals surface area contributed by atoms with Crippen molar-refractivity contribution in [3.8, 4) is 0 Å². The maximum absolute atomic E-state index is 12.6. The van der Waals surface area contributed by atoms with Crippen molar-refractivity contribution in [1.82, 2.24) is 10.2 Å². The molecule has 1 aliphatic carbocycles. The molecule has 0 atom stereocenters. The van der Waals surface area contributed by atoms with Gasteiger partial charge in [-0.15, -0.1) is 0 Å². The van der Waals surface area contributed by atoms with Crippen molar-refractivity contribution >= 4 is 11.9 Å². The molecule has 0 spiro atoms. The summed E-state index contributed by atoms with van der Waals surface area (Å²) in [5.74, 6) is -0.732. The average Bonchev–Trinajstić information content (AvgIpc) is 2.48. The molecule has 0 aliphatic heterocycles. The number of carbonyl (C=O) groups is 2. The van der Waals surface area contributed by atoms with Gasteiger partial charge in [0.1, 0.15) is 0 Å². The van der Waals surface area contributed by atoms with Crippen molar-refractivity contribution < 1.29 is 14.7 Å². The first-order chi connectivity index (χ1) is 11.3. The Morgan fingerprint density at radius 2 is 1.88 bits per heavy atom. The highest BCUT2D eigenvalue weighted by atomic mass is 16.4. The molecule has 0 unspecified atom stereocenters. The summed E-state index contributed by atoms with van der Waals surface area (Å²) < 4.78 is 0. The van der Waals surface area contributed by atoms with E-state index in [1.165, 1.54) is 0 Å². The van der Waals surface area contributed by atoms with Crippen LogP contribution in [0.15, 0.2) is 30.3 Å². The van der Waals surface area contributed by atoms with E-state index in [1.54, 1.807) is 0 Å². The first kappa shape index (κ1) is 18.5. The largest absolute Gasteiger partial charge is 0.480 e. The van der Waals surface area contributed by atoms with E-state index in [0.717, 1.165) is 24.9 Å². The Morgan fingerprint density at radius 3 is 2.42 bits per heavy atom. The SMILES string of the molecule is CCN(CC(=O)O)C1CC(NC(=O)C(C)(C)Cc2ccccc2)C1. The minimum atomic E-state index is -0.798. The number of hydrogen-bond acceptors (Lipinski definition) is 3. The maximum Gasteiger partial charge on any atom is 0.317 e. The Hall–Kier alpha value is -1.88. The molecule has 0 radical (unpaired) electrons. The molecule has 24 heavy (non-hydrogen) atoms.